The first-order valence-corrected chi connectivity index (χ1v) is 10.1. The molecule has 1 atom stereocenters. The molecule has 0 unspecified atom stereocenters. The Morgan fingerprint density at radius 2 is 2.00 bits per heavy atom. The maximum atomic E-state index is 12.9. The van der Waals surface area contributed by atoms with Crippen molar-refractivity contribution in [2.24, 2.45) is 11.7 Å². The van der Waals surface area contributed by atoms with Gasteiger partial charge in [-0.05, 0) is 43.9 Å². The van der Waals surface area contributed by atoms with Gasteiger partial charge in [0.2, 0.25) is 11.8 Å². The van der Waals surface area contributed by atoms with E-state index in [1.54, 1.807) is 4.90 Å². The molecule has 2 amide bonds. The van der Waals surface area contributed by atoms with Crippen LogP contribution in [-0.2, 0) is 20.7 Å². The molecule has 0 bridgehead atoms. The Morgan fingerprint density at radius 3 is 2.70 bits per heavy atom. The van der Waals surface area contributed by atoms with Crippen LogP contribution in [0.25, 0.3) is 0 Å². The van der Waals surface area contributed by atoms with E-state index in [1.165, 1.54) is 0 Å². The highest BCUT2D eigenvalue weighted by Crippen LogP contribution is 2.30. The molecule has 2 aliphatic rings. The lowest BCUT2D eigenvalue weighted by molar-refractivity contribution is -0.138. The molecule has 27 heavy (non-hydrogen) atoms. The van der Waals surface area contributed by atoms with Crippen molar-refractivity contribution >= 4 is 17.5 Å². The number of piperidine rings is 1. The maximum absolute atomic E-state index is 12.9. The van der Waals surface area contributed by atoms with Crippen molar-refractivity contribution in [3.05, 3.63) is 29.8 Å². The number of aryl methyl sites for hydroxylation is 1. The summed E-state index contributed by atoms with van der Waals surface area (Å²) in [5.74, 6) is -0.0772. The molecule has 2 aliphatic heterocycles. The number of amides is 2. The Balaban J connectivity index is 1.55. The standard InChI is InChI=1S/C21H31N3O3/c1-2-16-6-3-4-7-19(16)24-15-17(14-20(24)25)21(26)23-11-8-18(9-12-23)27-13-5-10-22/h3-4,6-7,17-18H,2,5,8-15,22H2,1H3/t17-/m0/s1. The van der Waals surface area contributed by atoms with Crippen molar-refractivity contribution in [1.29, 1.82) is 0 Å². The zero-order valence-electron chi connectivity index (χ0n) is 16.2. The van der Waals surface area contributed by atoms with Crippen LogP contribution in [0.1, 0.15) is 38.2 Å². The molecule has 2 fully saturated rings. The quantitative estimate of drug-likeness (QED) is 0.742. The highest BCUT2D eigenvalue weighted by Gasteiger charge is 2.38. The summed E-state index contributed by atoms with van der Waals surface area (Å²) in [6.07, 6.45) is 4.00. The number of likely N-dealkylation sites (tertiary alicyclic amines) is 1. The topological polar surface area (TPSA) is 75.9 Å². The zero-order valence-corrected chi connectivity index (χ0v) is 16.2. The number of anilines is 1. The molecule has 2 saturated heterocycles. The lowest BCUT2D eigenvalue weighted by Gasteiger charge is -2.33. The molecule has 0 spiro atoms. The molecule has 3 rings (SSSR count). The molecule has 1 aromatic rings. The first-order valence-electron chi connectivity index (χ1n) is 10.1. The Bertz CT molecular complexity index is 656. The van der Waals surface area contributed by atoms with E-state index in [-0.39, 0.29) is 23.8 Å². The number of nitrogens with zero attached hydrogens (tertiary/aromatic N) is 2. The van der Waals surface area contributed by atoms with Gasteiger partial charge in [0, 0.05) is 38.3 Å². The SMILES string of the molecule is CCc1ccccc1N1C[C@@H](C(=O)N2CCC(OCCCN)CC2)CC1=O. The Kier molecular flexibility index (Phi) is 6.85. The molecule has 6 heteroatoms. The largest absolute Gasteiger partial charge is 0.378 e. The van der Waals surface area contributed by atoms with Gasteiger partial charge in [0.25, 0.3) is 0 Å². The van der Waals surface area contributed by atoms with Gasteiger partial charge in [-0.25, -0.2) is 0 Å². The lowest BCUT2D eigenvalue weighted by Crippen LogP contribution is -2.44. The monoisotopic (exact) mass is 373 g/mol. The number of hydrogen-bond acceptors (Lipinski definition) is 4. The molecule has 0 aromatic heterocycles. The van der Waals surface area contributed by atoms with Gasteiger partial charge in [0.05, 0.1) is 12.0 Å². The van der Waals surface area contributed by atoms with Gasteiger partial charge in [-0.2, -0.15) is 0 Å². The summed E-state index contributed by atoms with van der Waals surface area (Å²) in [6.45, 7) is 5.33. The highest BCUT2D eigenvalue weighted by atomic mass is 16.5. The Hall–Kier alpha value is -1.92. The molecular formula is C21H31N3O3. The number of rotatable bonds is 7. The van der Waals surface area contributed by atoms with E-state index < -0.39 is 0 Å². The third-order valence-corrected chi connectivity index (χ3v) is 5.59. The summed E-state index contributed by atoms with van der Waals surface area (Å²) in [5, 5.41) is 0. The predicted molar refractivity (Wildman–Crippen MR) is 106 cm³/mol. The number of hydrogen-bond donors (Lipinski definition) is 1. The third-order valence-electron chi connectivity index (χ3n) is 5.59. The minimum atomic E-state index is -0.239. The number of carbonyl (C=O) groups is 2. The van der Waals surface area contributed by atoms with Crippen LogP contribution in [0.3, 0.4) is 0 Å². The lowest BCUT2D eigenvalue weighted by atomic mass is 10.0. The molecule has 2 N–H and O–H groups in total. The summed E-state index contributed by atoms with van der Waals surface area (Å²) in [7, 11) is 0. The average molecular weight is 373 g/mol. The summed E-state index contributed by atoms with van der Waals surface area (Å²) in [6, 6.07) is 7.97. The minimum absolute atomic E-state index is 0.0502. The second kappa shape index (κ2) is 9.33. The third kappa shape index (κ3) is 4.68. The van der Waals surface area contributed by atoms with Crippen LogP contribution >= 0.6 is 0 Å². The molecule has 0 saturated carbocycles. The fourth-order valence-corrected chi connectivity index (χ4v) is 4.01. The van der Waals surface area contributed by atoms with E-state index in [1.807, 2.05) is 29.2 Å². The van der Waals surface area contributed by atoms with Gasteiger partial charge in [-0.3, -0.25) is 9.59 Å². The fraction of sp³-hybridized carbons (Fsp3) is 0.619. The number of para-hydroxylation sites is 1. The van der Waals surface area contributed by atoms with Crippen molar-refractivity contribution in [3.8, 4) is 0 Å². The first-order chi connectivity index (χ1) is 13.1. The van der Waals surface area contributed by atoms with E-state index in [9.17, 15) is 9.59 Å². The smallest absolute Gasteiger partial charge is 0.228 e. The minimum Gasteiger partial charge on any atom is -0.378 e. The van der Waals surface area contributed by atoms with Crippen LogP contribution in [0.2, 0.25) is 0 Å². The summed E-state index contributed by atoms with van der Waals surface area (Å²) in [5.41, 5.74) is 7.59. The van der Waals surface area contributed by atoms with Gasteiger partial charge >= 0.3 is 0 Å². The van der Waals surface area contributed by atoms with Crippen LogP contribution < -0.4 is 10.6 Å². The number of nitrogens with two attached hydrogens (primary N) is 1. The van der Waals surface area contributed by atoms with Crippen LogP contribution in [0, 0.1) is 5.92 Å². The maximum Gasteiger partial charge on any atom is 0.228 e. The van der Waals surface area contributed by atoms with Crippen molar-refractivity contribution in [2.75, 3.05) is 37.7 Å². The molecule has 6 nitrogen and oxygen atoms in total. The molecule has 2 heterocycles. The van der Waals surface area contributed by atoms with Crippen molar-refractivity contribution < 1.29 is 14.3 Å². The van der Waals surface area contributed by atoms with Gasteiger partial charge in [-0.1, -0.05) is 25.1 Å². The molecule has 0 radical (unpaired) electrons. The van der Waals surface area contributed by atoms with Crippen LogP contribution in [0.4, 0.5) is 5.69 Å². The van der Waals surface area contributed by atoms with Crippen LogP contribution in [0.15, 0.2) is 24.3 Å². The number of carbonyl (C=O) groups excluding carboxylic acids is 2. The second-order valence-electron chi connectivity index (χ2n) is 7.43. The van der Waals surface area contributed by atoms with E-state index in [4.69, 9.17) is 10.5 Å². The average Bonchev–Trinajstić information content (AvgIpc) is 3.09. The summed E-state index contributed by atoms with van der Waals surface area (Å²) < 4.78 is 5.81. The van der Waals surface area contributed by atoms with Gasteiger partial charge in [0.15, 0.2) is 0 Å². The van der Waals surface area contributed by atoms with Crippen molar-refractivity contribution in [2.45, 2.75) is 45.1 Å². The van der Waals surface area contributed by atoms with Crippen LogP contribution in [0.5, 0.6) is 0 Å². The van der Waals surface area contributed by atoms with Gasteiger partial charge < -0.3 is 20.3 Å². The molecule has 1 aromatic carbocycles. The second-order valence-corrected chi connectivity index (χ2v) is 7.43. The summed E-state index contributed by atoms with van der Waals surface area (Å²) in [4.78, 5) is 29.2. The first kappa shape index (κ1) is 19.8. The molecular weight excluding hydrogens is 342 g/mol. The Labute approximate surface area is 161 Å². The summed E-state index contributed by atoms with van der Waals surface area (Å²) >= 11 is 0. The predicted octanol–water partition coefficient (Wildman–Crippen LogP) is 1.96. The van der Waals surface area contributed by atoms with E-state index in [0.717, 1.165) is 36.9 Å². The number of ether oxygens (including phenoxy) is 1. The van der Waals surface area contributed by atoms with Crippen molar-refractivity contribution in [1.82, 2.24) is 4.90 Å². The molecule has 148 valence electrons. The van der Waals surface area contributed by atoms with E-state index >= 15 is 0 Å². The van der Waals surface area contributed by atoms with Gasteiger partial charge in [0.1, 0.15) is 0 Å². The van der Waals surface area contributed by atoms with E-state index in [0.29, 0.717) is 39.2 Å². The van der Waals surface area contributed by atoms with Crippen molar-refractivity contribution in [3.63, 3.8) is 0 Å². The van der Waals surface area contributed by atoms with Gasteiger partial charge in [-0.15, -0.1) is 0 Å². The normalized spacial score (nSPS) is 21.1. The Morgan fingerprint density at radius 1 is 1.26 bits per heavy atom. The fourth-order valence-electron chi connectivity index (χ4n) is 4.01. The van der Waals surface area contributed by atoms with E-state index in [2.05, 4.69) is 6.92 Å². The zero-order chi connectivity index (χ0) is 19.2. The number of benzene rings is 1. The highest BCUT2D eigenvalue weighted by molar-refractivity contribution is 6.00. The molecule has 0 aliphatic carbocycles. The van der Waals surface area contributed by atoms with Crippen LogP contribution in [-0.4, -0.2) is 55.6 Å².